The number of aliphatic carboxylic acids is 2. The lowest BCUT2D eigenvalue weighted by Crippen LogP contribution is -2.46. The standard InChI is InChI=1S/C10H17NO2.C4H4O4/c1-8-7-9(12)10(13-8)3-5-11(2)6-4-10;5-3(6)1-2-4(7)8/h8H,3-7H2,1-2H3;1-2H,(H,5,6)(H,7,8). The van der Waals surface area contributed by atoms with Gasteiger partial charge in [-0.3, -0.25) is 4.79 Å². The summed E-state index contributed by atoms with van der Waals surface area (Å²) in [5.74, 6) is -2.19. The van der Waals surface area contributed by atoms with Gasteiger partial charge in [-0.2, -0.15) is 0 Å². The van der Waals surface area contributed by atoms with Gasteiger partial charge in [-0.25, -0.2) is 9.59 Å². The molecule has 2 fully saturated rings. The van der Waals surface area contributed by atoms with E-state index in [-0.39, 0.29) is 6.10 Å². The van der Waals surface area contributed by atoms with E-state index in [1.807, 2.05) is 6.92 Å². The molecule has 2 aliphatic heterocycles. The molecule has 1 atom stereocenters. The number of carbonyl (C=O) groups excluding carboxylic acids is 1. The molecule has 0 aromatic rings. The van der Waals surface area contributed by atoms with Gasteiger partial charge in [-0.05, 0) is 26.8 Å². The highest BCUT2D eigenvalue weighted by atomic mass is 16.5. The monoisotopic (exact) mass is 299 g/mol. The van der Waals surface area contributed by atoms with Gasteiger partial charge in [0.1, 0.15) is 5.60 Å². The van der Waals surface area contributed by atoms with Gasteiger partial charge < -0.3 is 19.8 Å². The predicted molar refractivity (Wildman–Crippen MR) is 74.0 cm³/mol. The smallest absolute Gasteiger partial charge is 0.328 e. The molecular weight excluding hydrogens is 278 g/mol. The summed E-state index contributed by atoms with van der Waals surface area (Å²) in [6, 6.07) is 0. The second-order valence-corrected chi connectivity index (χ2v) is 5.36. The summed E-state index contributed by atoms with van der Waals surface area (Å²) in [7, 11) is 2.09. The Bertz CT molecular complexity index is 421. The van der Waals surface area contributed by atoms with E-state index in [0.29, 0.717) is 24.4 Å². The molecule has 0 aromatic carbocycles. The van der Waals surface area contributed by atoms with Crippen molar-refractivity contribution in [3.63, 3.8) is 0 Å². The molecule has 2 N–H and O–H groups in total. The van der Waals surface area contributed by atoms with E-state index in [9.17, 15) is 14.4 Å². The van der Waals surface area contributed by atoms with Crippen LogP contribution in [0, 0.1) is 0 Å². The maximum Gasteiger partial charge on any atom is 0.328 e. The number of rotatable bonds is 2. The molecule has 0 amide bonds. The molecule has 1 spiro atoms. The Hall–Kier alpha value is -1.73. The third-order valence-corrected chi connectivity index (χ3v) is 3.57. The Kier molecular flexibility index (Phi) is 6.04. The van der Waals surface area contributed by atoms with E-state index < -0.39 is 17.5 Å². The Morgan fingerprint density at radius 1 is 1.24 bits per heavy atom. The lowest BCUT2D eigenvalue weighted by atomic mass is 9.87. The summed E-state index contributed by atoms with van der Waals surface area (Å²) < 4.78 is 5.77. The molecule has 2 rings (SSSR count). The van der Waals surface area contributed by atoms with Crippen molar-refractivity contribution in [2.24, 2.45) is 0 Å². The fourth-order valence-corrected chi connectivity index (χ4v) is 2.46. The SMILES string of the molecule is CC1CC(=O)C2(CCN(C)CC2)O1.O=C(O)C=CC(=O)O. The number of likely N-dealkylation sites (tertiary alicyclic amines) is 1. The average molecular weight is 299 g/mol. The number of hydrogen-bond donors (Lipinski definition) is 2. The predicted octanol–water partition coefficient (Wildman–Crippen LogP) is 0.541. The minimum atomic E-state index is -1.26. The molecular formula is C14H21NO6. The van der Waals surface area contributed by atoms with Crippen LogP contribution < -0.4 is 0 Å². The van der Waals surface area contributed by atoms with Crippen LogP contribution in [0.25, 0.3) is 0 Å². The topological polar surface area (TPSA) is 104 Å². The van der Waals surface area contributed by atoms with Crippen LogP contribution in [-0.2, 0) is 19.1 Å². The third-order valence-electron chi connectivity index (χ3n) is 3.57. The third kappa shape index (κ3) is 5.28. The van der Waals surface area contributed by atoms with E-state index in [0.717, 1.165) is 25.9 Å². The number of carboxylic acid groups (broad SMARTS) is 2. The summed E-state index contributed by atoms with van der Waals surface area (Å²) in [4.78, 5) is 33.1. The van der Waals surface area contributed by atoms with Crippen LogP contribution in [0.15, 0.2) is 12.2 Å². The van der Waals surface area contributed by atoms with Gasteiger partial charge >= 0.3 is 11.9 Å². The van der Waals surface area contributed by atoms with Crippen molar-refractivity contribution in [2.45, 2.75) is 37.9 Å². The summed E-state index contributed by atoms with van der Waals surface area (Å²) in [5, 5.41) is 15.6. The first-order valence-corrected chi connectivity index (χ1v) is 6.79. The number of Topliss-reactive ketones (excluding diaryl/α,β-unsaturated/α-hetero) is 1. The number of hydrogen-bond acceptors (Lipinski definition) is 5. The highest BCUT2D eigenvalue weighted by Crippen LogP contribution is 2.35. The molecule has 118 valence electrons. The quantitative estimate of drug-likeness (QED) is 0.717. The van der Waals surface area contributed by atoms with E-state index in [4.69, 9.17) is 14.9 Å². The molecule has 7 heteroatoms. The molecule has 0 aromatic heterocycles. The van der Waals surface area contributed by atoms with E-state index >= 15 is 0 Å². The zero-order chi connectivity index (χ0) is 16.0. The molecule has 0 radical (unpaired) electrons. The van der Waals surface area contributed by atoms with E-state index in [1.54, 1.807) is 0 Å². The molecule has 2 saturated heterocycles. The summed E-state index contributed by atoms with van der Waals surface area (Å²) in [5.41, 5.74) is -0.397. The average Bonchev–Trinajstić information content (AvgIpc) is 2.66. The molecule has 0 saturated carbocycles. The Balaban J connectivity index is 0.000000240. The van der Waals surface area contributed by atoms with Gasteiger partial charge in [0, 0.05) is 31.7 Å². The fraction of sp³-hybridized carbons (Fsp3) is 0.643. The van der Waals surface area contributed by atoms with Gasteiger partial charge in [0.05, 0.1) is 6.10 Å². The summed E-state index contributed by atoms with van der Waals surface area (Å²) in [6.45, 7) is 3.96. The minimum Gasteiger partial charge on any atom is -0.478 e. The van der Waals surface area contributed by atoms with E-state index in [1.165, 1.54) is 0 Å². The van der Waals surface area contributed by atoms with Crippen molar-refractivity contribution in [1.29, 1.82) is 0 Å². The van der Waals surface area contributed by atoms with Crippen LogP contribution in [-0.4, -0.2) is 64.7 Å². The molecule has 0 aliphatic carbocycles. The minimum absolute atomic E-state index is 0.135. The lowest BCUT2D eigenvalue weighted by Gasteiger charge is -2.35. The van der Waals surface area contributed by atoms with E-state index in [2.05, 4.69) is 11.9 Å². The first-order chi connectivity index (χ1) is 9.75. The molecule has 21 heavy (non-hydrogen) atoms. The van der Waals surface area contributed by atoms with Gasteiger partial charge in [0.25, 0.3) is 0 Å². The summed E-state index contributed by atoms with van der Waals surface area (Å²) >= 11 is 0. The lowest BCUT2D eigenvalue weighted by molar-refractivity contribution is -0.138. The van der Waals surface area contributed by atoms with Crippen molar-refractivity contribution in [3.8, 4) is 0 Å². The van der Waals surface area contributed by atoms with Gasteiger partial charge in [-0.1, -0.05) is 0 Å². The highest BCUT2D eigenvalue weighted by Gasteiger charge is 2.47. The van der Waals surface area contributed by atoms with Gasteiger partial charge in [0.2, 0.25) is 0 Å². The zero-order valence-electron chi connectivity index (χ0n) is 12.2. The van der Waals surface area contributed by atoms with Gasteiger partial charge in [-0.15, -0.1) is 0 Å². The molecule has 0 bridgehead atoms. The molecule has 7 nitrogen and oxygen atoms in total. The van der Waals surface area contributed by atoms with Crippen molar-refractivity contribution < 1.29 is 29.3 Å². The number of carbonyl (C=O) groups is 3. The largest absolute Gasteiger partial charge is 0.478 e. The first-order valence-electron chi connectivity index (χ1n) is 6.79. The first kappa shape index (κ1) is 17.3. The van der Waals surface area contributed by atoms with Crippen LogP contribution in [0.4, 0.5) is 0 Å². The Labute approximate surface area is 123 Å². The zero-order valence-corrected chi connectivity index (χ0v) is 12.2. The van der Waals surface area contributed by atoms with Crippen molar-refractivity contribution in [3.05, 3.63) is 12.2 Å². The number of ether oxygens (including phenoxy) is 1. The normalized spacial score (nSPS) is 24.9. The Morgan fingerprint density at radius 2 is 1.71 bits per heavy atom. The maximum atomic E-state index is 11.7. The van der Waals surface area contributed by atoms with Crippen LogP contribution in [0.5, 0.6) is 0 Å². The van der Waals surface area contributed by atoms with Crippen molar-refractivity contribution >= 4 is 17.7 Å². The van der Waals surface area contributed by atoms with Crippen LogP contribution in [0.1, 0.15) is 26.2 Å². The number of carboxylic acids is 2. The molecule has 2 aliphatic rings. The fourth-order valence-electron chi connectivity index (χ4n) is 2.46. The molecule has 1 unspecified atom stereocenters. The highest BCUT2D eigenvalue weighted by molar-refractivity contribution is 5.90. The molecule has 2 heterocycles. The number of ketones is 1. The number of nitrogens with zero attached hydrogens (tertiary/aromatic N) is 1. The van der Waals surface area contributed by atoms with Crippen molar-refractivity contribution in [1.82, 2.24) is 4.90 Å². The second-order valence-electron chi connectivity index (χ2n) is 5.36. The Morgan fingerprint density at radius 3 is 2.05 bits per heavy atom. The summed E-state index contributed by atoms with van der Waals surface area (Å²) in [6.07, 6.45) is 3.63. The van der Waals surface area contributed by atoms with Crippen molar-refractivity contribution in [2.75, 3.05) is 20.1 Å². The number of piperidine rings is 1. The van der Waals surface area contributed by atoms with Gasteiger partial charge in [0.15, 0.2) is 5.78 Å². The second kappa shape index (κ2) is 7.33. The van der Waals surface area contributed by atoms with Crippen LogP contribution in [0.2, 0.25) is 0 Å². The maximum absolute atomic E-state index is 11.7. The van der Waals surface area contributed by atoms with Crippen LogP contribution in [0.3, 0.4) is 0 Å². The van der Waals surface area contributed by atoms with Crippen LogP contribution >= 0.6 is 0 Å².